The van der Waals surface area contributed by atoms with E-state index >= 15 is 0 Å². The van der Waals surface area contributed by atoms with Crippen LogP contribution in [0.3, 0.4) is 0 Å². The molecule has 0 radical (unpaired) electrons. The Balaban J connectivity index is 1.80. The molecule has 0 aliphatic heterocycles. The number of aryl methyl sites for hydroxylation is 1. The normalized spacial score (nSPS) is 11.0. The highest BCUT2D eigenvalue weighted by Crippen LogP contribution is 2.21. The van der Waals surface area contributed by atoms with Crippen molar-refractivity contribution in [1.82, 2.24) is 30.0 Å². The fraction of sp³-hybridized carbons (Fsp3) is 0.312. The number of aromatic nitrogens is 5. The lowest BCUT2D eigenvalue weighted by atomic mass is 10.3. The van der Waals surface area contributed by atoms with Crippen LogP contribution in [0.25, 0.3) is 23.0 Å². The van der Waals surface area contributed by atoms with Crippen molar-refractivity contribution in [2.24, 2.45) is 0 Å². The van der Waals surface area contributed by atoms with Crippen molar-refractivity contribution in [2.45, 2.75) is 33.4 Å². The Hall–Kier alpha value is -3.03. The fourth-order valence-corrected chi connectivity index (χ4v) is 2.24. The summed E-state index contributed by atoms with van der Waals surface area (Å²) in [5.74, 6) is 1.42. The molecule has 0 unspecified atom stereocenters. The summed E-state index contributed by atoms with van der Waals surface area (Å²) in [6.45, 7) is 5.87. The van der Waals surface area contributed by atoms with Gasteiger partial charge in [0.1, 0.15) is 18.1 Å². The molecule has 0 saturated carbocycles. The Kier molecular flexibility index (Phi) is 4.37. The smallest absolute Gasteiger partial charge is 0.258 e. The zero-order valence-corrected chi connectivity index (χ0v) is 13.7. The van der Waals surface area contributed by atoms with E-state index in [4.69, 9.17) is 4.52 Å². The zero-order chi connectivity index (χ0) is 17.1. The van der Waals surface area contributed by atoms with Crippen molar-refractivity contribution in [3.05, 3.63) is 36.5 Å². The van der Waals surface area contributed by atoms with Gasteiger partial charge >= 0.3 is 0 Å². The van der Waals surface area contributed by atoms with Gasteiger partial charge in [-0.3, -0.25) is 9.78 Å². The number of rotatable bonds is 5. The number of pyridine rings is 1. The molecule has 3 heterocycles. The second-order valence-corrected chi connectivity index (χ2v) is 5.68. The van der Waals surface area contributed by atoms with Crippen LogP contribution in [0.5, 0.6) is 0 Å². The Morgan fingerprint density at radius 2 is 2.04 bits per heavy atom. The predicted molar refractivity (Wildman–Crippen MR) is 86.8 cm³/mol. The molecule has 0 spiro atoms. The molecule has 124 valence electrons. The van der Waals surface area contributed by atoms with Gasteiger partial charge in [-0.25, -0.2) is 4.98 Å². The van der Waals surface area contributed by atoms with Gasteiger partial charge in [0.25, 0.3) is 5.89 Å². The molecule has 3 aromatic rings. The largest absolute Gasteiger partial charge is 0.352 e. The highest BCUT2D eigenvalue weighted by Gasteiger charge is 2.15. The van der Waals surface area contributed by atoms with Crippen molar-refractivity contribution in [3.63, 3.8) is 0 Å². The lowest BCUT2D eigenvalue weighted by molar-refractivity contribution is -0.122. The number of amides is 1. The molecular weight excluding hydrogens is 308 g/mol. The Morgan fingerprint density at radius 1 is 1.29 bits per heavy atom. The highest BCUT2D eigenvalue weighted by molar-refractivity contribution is 5.76. The van der Waals surface area contributed by atoms with Crippen molar-refractivity contribution in [3.8, 4) is 23.0 Å². The zero-order valence-electron chi connectivity index (χ0n) is 13.7. The van der Waals surface area contributed by atoms with Gasteiger partial charge in [0.05, 0.1) is 0 Å². The van der Waals surface area contributed by atoms with Crippen LogP contribution in [-0.4, -0.2) is 36.6 Å². The third-order valence-corrected chi connectivity index (χ3v) is 3.32. The molecule has 3 aromatic heterocycles. The summed E-state index contributed by atoms with van der Waals surface area (Å²) in [5.41, 5.74) is 1.35. The number of nitrogens with zero attached hydrogens (tertiary/aromatic N) is 5. The first-order valence-electron chi connectivity index (χ1n) is 7.60. The first kappa shape index (κ1) is 15.9. The van der Waals surface area contributed by atoms with Crippen molar-refractivity contribution in [1.29, 1.82) is 0 Å². The standard InChI is InChI=1S/C16H18N6O2/c1-10(2)18-14(23)9-22-8-13(19-11(22)3)15-20-16(24-21-15)12-4-6-17-7-5-12/h4-8,10H,9H2,1-3H3,(H,18,23). The molecule has 0 aliphatic rings. The number of nitrogens with one attached hydrogen (secondary N) is 1. The van der Waals surface area contributed by atoms with Crippen LogP contribution in [0.2, 0.25) is 0 Å². The molecule has 0 aromatic carbocycles. The van der Waals surface area contributed by atoms with E-state index in [1.165, 1.54) is 0 Å². The van der Waals surface area contributed by atoms with Crippen molar-refractivity contribution < 1.29 is 9.32 Å². The number of carbonyl (C=O) groups excluding carboxylic acids is 1. The lowest BCUT2D eigenvalue weighted by Gasteiger charge is -2.09. The maximum atomic E-state index is 11.9. The monoisotopic (exact) mass is 326 g/mol. The van der Waals surface area contributed by atoms with Gasteiger partial charge in [-0.1, -0.05) is 5.16 Å². The van der Waals surface area contributed by atoms with Crippen molar-refractivity contribution in [2.75, 3.05) is 0 Å². The van der Waals surface area contributed by atoms with Gasteiger partial charge in [-0.15, -0.1) is 0 Å². The van der Waals surface area contributed by atoms with Gasteiger partial charge in [-0.05, 0) is 32.9 Å². The molecule has 0 atom stereocenters. The van der Waals surface area contributed by atoms with Crippen LogP contribution in [0, 0.1) is 6.92 Å². The van der Waals surface area contributed by atoms with E-state index in [2.05, 4.69) is 25.4 Å². The van der Waals surface area contributed by atoms with Crippen LogP contribution in [0.4, 0.5) is 0 Å². The molecule has 24 heavy (non-hydrogen) atoms. The van der Waals surface area contributed by atoms with E-state index < -0.39 is 0 Å². The summed E-state index contributed by atoms with van der Waals surface area (Å²) in [6, 6.07) is 3.68. The minimum absolute atomic E-state index is 0.0670. The lowest BCUT2D eigenvalue weighted by Crippen LogP contribution is -2.33. The SMILES string of the molecule is Cc1nc(-c2noc(-c3ccncc3)n2)cn1CC(=O)NC(C)C. The molecule has 8 nitrogen and oxygen atoms in total. The molecule has 1 N–H and O–H groups in total. The maximum Gasteiger partial charge on any atom is 0.258 e. The molecule has 1 amide bonds. The van der Waals surface area contributed by atoms with Gasteiger partial charge in [-0.2, -0.15) is 4.98 Å². The van der Waals surface area contributed by atoms with Crippen LogP contribution >= 0.6 is 0 Å². The summed E-state index contributed by atoms with van der Waals surface area (Å²) in [4.78, 5) is 24.6. The van der Waals surface area contributed by atoms with Crippen molar-refractivity contribution >= 4 is 5.91 Å². The third kappa shape index (κ3) is 3.48. The second kappa shape index (κ2) is 6.61. The van der Waals surface area contributed by atoms with Crippen LogP contribution in [0.15, 0.2) is 35.2 Å². The molecule has 0 saturated heterocycles. The van der Waals surface area contributed by atoms with Gasteiger partial charge in [0, 0.05) is 30.2 Å². The van der Waals surface area contributed by atoms with Crippen LogP contribution < -0.4 is 5.32 Å². The Bertz CT molecular complexity index is 837. The molecule has 0 fully saturated rings. The highest BCUT2D eigenvalue weighted by atomic mass is 16.5. The quantitative estimate of drug-likeness (QED) is 0.768. The number of carbonyl (C=O) groups is 1. The third-order valence-electron chi connectivity index (χ3n) is 3.32. The van der Waals surface area contributed by atoms with E-state index in [0.29, 0.717) is 23.2 Å². The Labute approximate surface area is 138 Å². The second-order valence-electron chi connectivity index (χ2n) is 5.68. The number of imidazole rings is 1. The molecule has 3 rings (SSSR count). The van der Waals surface area contributed by atoms with Crippen LogP contribution in [-0.2, 0) is 11.3 Å². The maximum absolute atomic E-state index is 11.9. The summed E-state index contributed by atoms with van der Waals surface area (Å²) < 4.78 is 7.03. The fourth-order valence-electron chi connectivity index (χ4n) is 2.24. The van der Waals surface area contributed by atoms with Gasteiger partial charge in [0.15, 0.2) is 0 Å². The van der Waals surface area contributed by atoms with E-state index in [-0.39, 0.29) is 18.5 Å². The summed E-state index contributed by atoms with van der Waals surface area (Å²) in [6.07, 6.45) is 5.06. The minimum Gasteiger partial charge on any atom is -0.352 e. The molecule has 0 aliphatic carbocycles. The summed E-state index contributed by atoms with van der Waals surface area (Å²) in [7, 11) is 0. The van der Waals surface area contributed by atoms with E-state index in [1.54, 1.807) is 35.3 Å². The summed E-state index contributed by atoms with van der Waals surface area (Å²) >= 11 is 0. The average molecular weight is 326 g/mol. The topological polar surface area (TPSA) is 98.7 Å². The number of hydrogen-bond donors (Lipinski definition) is 1. The molecular formula is C16H18N6O2. The van der Waals surface area contributed by atoms with E-state index in [0.717, 1.165) is 5.56 Å². The first-order valence-corrected chi connectivity index (χ1v) is 7.60. The first-order chi connectivity index (χ1) is 11.5. The van der Waals surface area contributed by atoms with E-state index in [1.807, 2.05) is 20.8 Å². The molecule has 0 bridgehead atoms. The predicted octanol–water partition coefficient (Wildman–Crippen LogP) is 1.83. The van der Waals surface area contributed by atoms with Gasteiger partial charge < -0.3 is 14.4 Å². The van der Waals surface area contributed by atoms with Gasteiger partial charge in [0.2, 0.25) is 11.7 Å². The minimum atomic E-state index is -0.0670. The Morgan fingerprint density at radius 3 is 2.75 bits per heavy atom. The number of hydrogen-bond acceptors (Lipinski definition) is 6. The molecule has 8 heteroatoms. The summed E-state index contributed by atoms with van der Waals surface area (Å²) in [5, 5.41) is 6.81. The van der Waals surface area contributed by atoms with E-state index in [9.17, 15) is 4.79 Å². The van der Waals surface area contributed by atoms with Crippen LogP contribution in [0.1, 0.15) is 19.7 Å². The average Bonchev–Trinajstić information content (AvgIpc) is 3.15.